The van der Waals surface area contributed by atoms with Gasteiger partial charge in [0.1, 0.15) is 0 Å². The van der Waals surface area contributed by atoms with Crippen LogP contribution in [0.1, 0.15) is 0 Å². The van der Waals surface area contributed by atoms with E-state index in [0.29, 0.717) is 5.69 Å². The molecule has 1 aromatic heterocycles. The monoisotopic (exact) mass is 201 g/mol. The van der Waals surface area contributed by atoms with Crippen molar-refractivity contribution in [2.75, 3.05) is 18.8 Å². The highest BCUT2D eigenvalue weighted by atomic mass is 32.2. The van der Waals surface area contributed by atoms with E-state index in [0.717, 1.165) is 4.31 Å². The lowest BCUT2D eigenvalue weighted by Crippen LogP contribution is -2.28. The lowest BCUT2D eigenvalue weighted by atomic mass is 10.4. The van der Waals surface area contributed by atoms with E-state index in [2.05, 4.69) is 9.71 Å². The highest BCUT2D eigenvalue weighted by molar-refractivity contribution is 7.90. The van der Waals surface area contributed by atoms with E-state index in [1.54, 1.807) is 18.3 Å². The third-order valence-corrected chi connectivity index (χ3v) is 2.84. The van der Waals surface area contributed by atoms with Gasteiger partial charge in [0.25, 0.3) is 0 Å². The third-order valence-electron chi connectivity index (χ3n) is 1.39. The minimum absolute atomic E-state index is 0.455. The topological polar surface area (TPSA) is 62.3 Å². The van der Waals surface area contributed by atoms with Gasteiger partial charge >= 0.3 is 10.2 Å². The second kappa shape index (κ2) is 3.71. The van der Waals surface area contributed by atoms with Crippen LogP contribution in [-0.2, 0) is 10.2 Å². The van der Waals surface area contributed by atoms with Crippen LogP contribution in [0.5, 0.6) is 0 Å². The molecular formula is C7H11N3O2S. The van der Waals surface area contributed by atoms with Crippen LogP contribution in [-0.4, -0.2) is 31.8 Å². The molecule has 0 spiro atoms. The summed E-state index contributed by atoms with van der Waals surface area (Å²) in [5, 5.41) is 0. The second-order valence-electron chi connectivity index (χ2n) is 2.63. The molecule has 5 nitrogen and oxygen atoms in total. The zero-order valence-corrected chi connectivity index (χ0v) is 8.25. The van der Waals surface area contributed by atoms with Crippen molar-refractivity contribution in [2.45, 2.75) is 0 Å². The molecule has 0 aliphatic heterocycles. The van der Waals surface area contributed by atoms with Crippen molar-refractivity contribution in [1.82, 2.24) is 9.29 Å². The molecule has 0 atom stereocenters. The quantitative estimate of drug-likeness (QED) is 0.765. The first-order valence-corrected chi connectivity index (χ1v) is 5.06. The Morgan fingerprint density at radius 2 is 2.15 bits per heavy atom. The molecule has 0 fully saturated rings. The van der Waals surface area contributed by atoms with Crippen LogP contribution in [0.4, 0.5) is 5.69 Å². The predicted octanol–water partition coefficient (Wildman–Crippen LogP) is 0.300. The van der Waals surface area contributed by atoms with Gasteiger partial charge < -0.3 is 0 Å². The summed E-state index contributed by atoms with van der Waals surface area (Å²) in [5.74, 6) is 0. The largest absolute Gasteiger partial charge is 0.301 e. The van der Waals surface area contributed by atoms with Gasteiger partial charge in [0.2, 0.25) is 0 Å². The zero-order valence-electron chi connectivity index (χ0n) is 7.43. The Kier molecular flexibility index (Phi) is 2.84. The predicted molar refractivity (Wildman–Crippen MR) is 50.5 cm³/mol. The lowest BCUT2D eigenvalue weighted by molar-refractivity contribution is 0.527. The molecule has 6 heteroatoms. The molecule has 1 aromatic rings. The Morgan fingerprint density at radius 1 is 1.46 bits per heavy atom. The summed E-state index contributed by atoms with van der Waals surface area (Å²) < 4.78 is 26.0. The van der Waals surface area contributed by atoms with Crippen LogP contribution in [0.15, 0.2) is 24.5 Å². The zero-order chi connectivity index (χ0) is 9.90. The standard InChI is InChI=1S/C7H11N3O2S/c1-10(2)13(11,12)9-7-4-3-5-8-6-7/h3-6,9H,1-2H3. The Hall–Kier alpha value is -1.14. The van der Waals surface area contributed by atoms with Gasteiger partial charge in [-0.1, -0.05) is 0 Å². The van der Waals surface area contributed by atoms with E-state index < -0.39 is 10.2 Å². The first-order valence-electron chi connectivity index (χ1n) is 3.62. The Balaban J connectivity index is 2.82. The van der Waals surface area contributed by atoms with Crippen molar-refractivity contribution >= 4 is 15.9 Å². The van der Waals surface area contributed by atoms with E-state index in [1.165, 1.54) is 20.3 Å². The van der Waals surface area contributed by atoms with Crippen LogP contribution < -0.4 is 4.72 Å². The molecule has 0 aromatic carbocycles. The minimum Gasteiger partial charge on any atom is -0.269 e. The molecule has 0 bridgehead atoms. The maximum Gasteiger partial charge on any atom is 0.301 e. The first-order chi connectivity index (χ1) is 6.02. The SMILES string of the molecule is CN(C)S(=O)(=O)Nc1cccnc1. The molecule has 0 aliphatic carbocycles. The number of pyridine rings is 1. The molecule has 0 aliphatic rings. The van der Waals surface area contributed by atoms with Crippen molar-refractivity contribution < 1.29 is 8.42 Å². The van der Waals surface area contributed by atoms with Gasteiger partial charge in [0, 0.05) is 20.3 Å². The van der Waals surface area contributed by atoms with Crippen molar-refractivity contribution in [1.29, 1.82) is 0 Å². The number of hydrogen-bond acceptors (Lipinski definition) is 3. The normalized spacial score (nSPS) is 11.6. The molecule has 1 heterocycles. The van der Waals surface area contributed by atoms with Crippen LogP contribution >= 0.6 is 0 Å². The molecular weight excluding hydrogens is 190 g/mol. The molecule has 0 saturated carbocycles. The maximum absolute atomic E-state index is 11.3. The van der Waals surface area contributed by atoms with E-state index in [1.807, 2.05) is 0 Å². The highest BCUT2D eigenvalue weighted by Crippen LogP contribution is 2.06. The van der Waals surface area contributed by atoms with Gasteiger partial charge in [0.15, 0.2) is 0 Å². The van der Waals surface area contributed by atoms with Crippen LogP contribution in [0.25, 0.3) is 0 Å². The van der Waals surface area contributed by atoms with E-state index in [9.17, 15) is 8.42 Å². The molecule has 1 rings (SSSR count). The number of nitrogens with zero attached hydrogens (tertiary/aromatic N) is 2. The van der Waals surface area contributed by atoms with Crippen LogP contribution in [0.2, 0.25) is 0 Å². The van der Waals surface area contributed by atoms with Gasteiger partial charge in [-0.15, -0.1) is 0 Å². The van der Waals surface area contributed by atoms with Crippen LogP contribution in [0.3, 0.4) is 0 Å². The number of anilines is 1. The summed E-state index contributed by atoms with van der Waals surface area (Å²) in [7, 11) is -0.494. The third kappa shape index (κ3) is 2.67. The Labute approximate surface area is 77.6 Å². The van der Waals surface area contributed by atoms with Crippen LogP contribution in [0, 0.1) is 0 Å². The molecule has 0 amide bonds. The van der Waals surface area contributed by atoms with Crippen molar-refractivity contribution in [3.63, 3.8) is 0 Å². The summed E-state index contributed by atoms with van der Waals surface area (Å²) in [6.45, 7) is 0. The Morgan fingerprint density at radius 3 is 2.62 bits per heavy atom. The van der Waals surface area contributed by atoms with Gasteiger partial charge in [-0.2, -0.15) is 12.7 Å². The average Bonchev–Trinajstić information content (AvgIpc) is 2.05. The fourth-order valence-corrected chi connectivity index (χ4v) is 1.26. The molecule has 13 heavy (non-hydrogen) atoms. The number of nitrogens with one attached hydrogen (secondary N) is 1. The smallest absolute Gasteiger partial charge is 0.269 e. The summed E-state index contributed by atoms with van der Waals surface area (Å²) >= 11 is 0. The van der Waals surface area contributed by atoms with E-state index in [4.69, 9.17) is 0 Å². The summed E-state index contributed by atoms with van der Waals surface area (Å²) in [6.07, 6.45) is 3.02. The first kappa shape index (κ1) is 9.94. The molecule has 72 valence electrons. The summed E-state index contributed by atoms with van der Waals surface area (Å²) in [5.41, 5.74) is 0.455. The van der Waals surface area contributed by atoms with Gasteiger partial charge in [-0.25, -0.2) is 0 Å². The fraction of sp³-hybridized carbons (Fsp3) is 0.286. The molecule has 1 N–H and O–H groups in total. The minimum atomic E-state index is -3.41. The fourth-order valence-electron chi connectivity index (χ4n) is 0.663. The molecule has 0 unspecified atom stereocenters. The molecule has 0 radical (unpaired) electrons. The van der Waals surface area contributed by atoms with E-state index in [-0.39, 0.29) is 0 Å². The van der Waals surface area contributed by atoms with Gasteiger partial charge in [0.05, 0.1) is 11.9 Å². The average molecular weight is 201 g/mol. The second-order valence-corrected chi connectivity index (χ2v) is 4.52. The number of aromatic nitrogens is 1. The van der Waals surface area contributed by atoms with Crippen molar-refractivity contribution in [3.8, 4) is 0 Å². The highest BCUT2D eigenvalue weighted by Gasteiger charge is 2.12. The summed E-state index contributed by atoms with van der Waals surface area (Å²) in [6, 6.07) is 3.29. The van der Waals surface area contributed by atoms with Crippen molar-refractivity contribution in [3.05, 3.63) is 24.5 Å². The van der Waals surface area contributed by atoms with Gasteiger partial charge in [-0.3, -0.25) is 9.71 Å². The van der Waals surface area contributed by atoms with E-state index >= 15 is 0 Å². The lowest BCUT2D eigenvalue weighted by Gasteiger charge is -2.12. The maximum atomic E-state index is 11.3. The van der Waals surface area contributed by atoms with Gasteiger partial charge in [-0.05, 0) is 12.1 Å². The molecule has 0 saturated heterocycles. The van der Waals surface area contributed by atoms with Crippen molar-refractivity contribution in [2.24, 2.45) is 0 Å². The number of rotatable bonds is 3. The summed E-state index contributed by atoms with van der Waals surface area (Å²) in [4.78, 5) is 3.78. The Bertz CT molecular complexity index is 361. The number of hydrogen-bond donors (Lipinski definition) is 1.